The monoisotopic (exact) mass is 482 g/mol. The zero-order chi connectivity index (χ0) is 23.7. The second-order valence-corrected chi connectivity index (χ2v) is 10.2. The number of hydrogen-bond donors (Lipinski definition) is 0. The van der Waals surface area contributed by atoms with E-state index in [1.807, 2.05) is 12.1 Å². The van der Waals surface area contributed by atoms with Crippen LogP contribution in [0.1, 0.15) is 18.5 Å². The Morgan fingerprint density at radius 3 is 2.56 bits per heavy atom. The Morgan fingerprint density at radius 1 is 1.09 bits per heavy atom. The summed E-state index contributed by atoms with van der Waals surface area (Å²) in [7, 11) is -3.28. The van der Waals surface area contributed by atoms with Gasteiger partial charge in [0, 0.05) is 32.2 Å². The Bertz CT molecular complexity index is 1420. The van der Waals surface area contributed by atoms with Gasteiger partial charge in [-0.25, -0.2) is 32.4 Å². The average Bonchev–Trinajstić information content (AvgIpc) is 3.29. The quantitative estimate of drug-likeness (QED) is 0.413. The van der Waals surface area contributed by atoms with Crippen LogP contribution < -0.4 is 9.64 Å². The first-order valence-corrected chi connectivity index (χ1v) is 12.7. The number of sulfone groups is 1. The van der Waals surface area contributed by atoms with E-state index in [1.54, 1.807) is 41.2 Å². The van der Waals surface area contributed by atoms with Crippen LogP contribution in [0.5, 0.6) is 5.88 Å². The van der Waals surface area contributed by atoms with Crippen molar-refractivity contribution in [1.82, 2.24) is 24.7 Å². The molecule has 1 saturated heterocycles. The van der Waals surface area contributed by atoms with Crippen molar-refractivity contribution in [2.75, 3.05) is 24.2 Å². The van der Waals surface area contributed by atoms with E-state index in [2.05, 4.69) is 25.0 Å². The molecular weight excluding hydrogens is 459 g/mol. The lowest BCUT2D eigenvalue weighted by atomic mass is 10.1. The largest absolute Gasteiger partial charge is 0.474 e. The summed E-state index contributed by atoms with van der Waals surface area (Å²) in [6.07, 6.45) is 5.77. The van der Waals surface area contributed by atoms with Gasteiger partial charge >= 0.3 is 0 Å². The molecule has 4 heterocycles. The van der Waals surface area contributed by atoms with Gasteiger partial charge in [0.2, 0.25) is 5.88 Å². The molecule has 3 aromatic heterocycles. The van der Waals surface area contributed by atoms with Crippen molar-refractivity contribution < 1.29 is 17.5 Å². The molecule has 0 aliphatic carbocycles. The molecule has 0 radical (unpaired) electrons. The van der Waals surface area contributed by atoms with Crippen molar-refractivity contribution in [3.8, 4) is 11.6 Å². The minimum absolute atomic E-state index is 0.0314. The van der Waals surface area contributed by atoms with E-state index in [1.165, 1.54) is 12.6 Å². The van der Waals surface area contributed by atoms with Gasteiger partial charge in [-0.15, -0.1) is 0 Å². The fourth-order valence-corrected chi connectivity index (χ4v) is 4.65. The van der Waals surface area contributed by atoms with Gasteiger partial charge in [-0.2, -0.15) is 5.10 Å². The number of piperidine rings is 1. The Kier molecular flexibility index (Phi) is 5.86. The lowest BCUT2D eigenvalue weighted by Crippen LogP contribution is -2.38. The SMILES string of the molecule is CS(=O)(=O)c1ccc(-n2ncc3c(OC4CCN(c5cccc(CF)n5)CC4)ncnc32)cc1. The van der Waals surface area contributed by atoms with E-state index in [4.69, 9.17) is 4.74 Å². The number of nitrogens with zero attached hydrogens (tertiary/aromatic N) is 6. The summed E-state index contributed by atoms with van der Waals surface area (Å²) in [4.78, 5) is 15.4. The van der Waals surface area contributed by atoms with Crippen molar-refractivity contribution >= 4 is 26.7 Å². The number of rotatable bonds is 6. The van der Waals surface area contributed by atoms with Crippen LogP contribution in [0.4, 0.5) is 10.2 Å². The van der Waals surface area contributed by atoms with E-state index < -0.39 is 16.5 Å². The molecule has 0 bridgehead atoms. The predicted molar refractivity (Wildman–Crippen MR) is 125 cm³/mol. The number of alkyl halides is 1. The molecule has 1 aliphatic heterocycles. The van der Waals surface area contributed by atoms with Gasteiger partial charge in [-0.3, -0.25) is 0 Å². The van der Waals surface area contributed by atoms with Gasteiger partial charge in [0.15, 0.2) is 15.5 Å². The van der Waals surface area contributed by atoms with Gasteiger partial charge in [0.1, 0.15) is 30.3 Å². The van der Waals surface area contributed by atoms with Crippen LogP contribution in [0.2, 0.25) is 0 Å². The predicted octanol–water partition coefficient (Wildman–Crippen LogP) is 3.13. The normalized spacial score (nSPS) is 15.1. The summed E-state index contributed by atoms with van der Waals surface area (Å²) in [6.45, 7) is 0.911. The Hall–Kier alpha value is -3.60. The van der Waals surface area contributed by atoms with Gasteiger partial charge in [-0.1, -0.05) is 6.07 Å². The number of anilines is 1. The lowest BCUT2D eigenvalue weighted by molar-refractivity contribution is 0.166. The van der Waals surface area contributed by atoms with E-state index in [0.29, 0.717) is 28.3 Å². The van der Waals surface area contributed by atoms with Crippen LogP contribution >= 0.6 is 0 Å². The highest BCUT2D eigenvalue weighted by Gasteiger charge is 2.23. The summed E-state index contributed by atoms with van der Waals surface area (Å²) in [5.74, 6) is 1.24. The molecule has 1 aliphatic rings. The molecule has 176 valence electrons. The number of pyridine rings is 1. The van der Waals surface area contributed by atoms with Crippen molar-refractivity contribution in [2.45, 2.75) is 30.5 Å². The fourth-order valence-electron chi connectivity index (χ4n) is 4.02. The molecule has 0 saturated carbocycles. The zero-order valence-corrected chi connectivity index (χ0v) is 19.3. The van der Waals surface area contributed by atoms with Crippen LogP contribution in [0.3, 0.4) is 0 Å². The van der Waals surface area contributed by atoms with E-state index in [0.717, 1.165) is 31.7 Å². The summed E-state index contributed by atoms with van der Waals surface area (Å²) >= 11 is 0. The van der Waals surface area contributed by atoms with Crippen LogP contribution in [0, 0.1) is 0 Å². The average molecular weight is 483 g/mol. The molecule has 5 rings (SSSR count). The fraction of sp³-hybridized carbons (Fsp3) is 0.304. The van der Waals surface area contributed by atoms with Crippen molar-refractivity contribution in [2.24, 2.45) is 0 Å². The topological polar surface area (TPSA) is 103 Å². The van der Waals surface area contributed by atoms with Gasteiger partial charge < -0.3 is 9.64 Å². The van der Waals surface area contributed by atoms with Crippen molar-refractivity contribution in [3.05, 3.63) is 60.7 Å². The molecule has 1 fully saturated rings. The Morgan fingerprint density at radius 2 is 1.85 bits per heavy atom. The number of fused-ring (bicyclic) bond motifs is 1. The second kappa shape index (κ2) is 8.98. The standard InChI is InChI=1S/C23H23FN6O3S/c1-34(31,32)19-7-5-17(6-8-19)30-22-20(14-27-30)23(26-15-25-22)33-18-9-11-29(12-10-18)21-4-2-3-16(13-24)28-21/h2-8,14-15,18H,9-13H2,1H3. The van der Waals surface area contributed by atoms with Gasteiger partial charge in [-0.05, 0) is 36.4 Å². The molecule has 0 atom stereocenters. The summed E-state index contributed by atoms with van der Waals surface area (Å²) in [6, 6.07) is 11.9. The molecule has 1 aromatic carbocycles. The number of hydrogen-bond acceptors (Lipinski definition) is 8. The van der Waals surface area contributed by atoms with Crippen LogP contribution in [-0.4, -0.2) is 58.6 Å². The number of aromatic nitrogens is 5. The maximum atomic E-state index is 12.9. The summed E-state index contributed by atoms with van der Waals surface area (Å²) in [5, 5.41) is 5.09. The molecule has 34 heavy (non-hydrogen) atoms. The number of ether oxygens (including phenoxy) is 1. The molecule has 9 nitrogen and oxygen atoms in total. The molecule has 0 amide bonds. The first-order chi connectivity index (χ1) is 16.4. The first kappa shape index (κ1) is 22.2. The van der Waals surface area contributed by atoms with Gasteiger partial charge in [0.05, 0.1) is 22.5 Å². The zero-order valence-electron chi connectivity index (χ0n) is 18.5. The molecule has 0 spiro atoms. The smallest absolute Gasteiger partial charge is 0.228 e. The Labute approximate surface area is 196 Å². The maximum Gasteiger partial charge on any atom is 0.228 e. The van der Waals surface area contributed by atoms with Crippen LogP contribution in [-0.2, 0) is 16.5 Å². The number of halogens is 1. The van der Waals surface area contributed by atoms with E-state index >= 15 is 0 Å². The highest BCUT2D eigenvalue weighted by molar-refractivity contribution is 7.90. The van der Waals surface area contributed by atoms with Gasteiger partial charge in [0.25, 0.3) is 0 Å². The van der Waals surface area contributed by atoms with Crippen LogP contribution in [0.25, 0.3) is 16.7 Å². The minimum Gasteiger partial charge on any atom is -0.474 e. The van der Waals surface area contributed by atoms with E-state index in [-0.39, 0.29) is 11.0 Å². The van der Waals surface area contributed by atoms with Crippen molar-refractivity contribution in [3.63, 3.8) is 0 Å². The second-order valence-electron chi connectivity index (χ2n) is 8.16. The molecular formula is C23H23FN6O3S. The van der Waals surface area contributed by atoms with Crippen LogP contribution in [0.15, 0.2) is 59.9 Å². The maximum absolute atomic E-state index is 12.9. The highest BCUT2D eigenvalue weighted by atomic mass is 32.2. The van der Waals surface area contributed by atoms with Crippen molar-refractivity contribution in [1.29, 1.82) is 0 Å². The lowest BCUT2D eigenvalue weighted by Gasteiger charge is -2.32. The molecule has 4 aromatic rings. The molecule has 11 heteroatoms. The summed E-state index contributed by atoms with van der Waals surface area (Å²) < 4.78 is 44.2. The molecule has 0 N–H and O–H groups in total. The minimum atomic E-state index is -3.28. The Balaban J connectivity index is 1.31. The number of benzene rings is 1. The first-order valence-electron chi connectivity index (χ1n) is 10.8. The third-order valence-electron chi connectivity index (χ3n) is 5.81. The van der Waals surface area contributed by atoms with E-state index in [9.17, 15) is 12.8 Å². The third-order valence-corrected chi connectivity index (χ3v) is 6.94. The molecule has 0 unspecified atom stereocenters. The summed E-state index contributed by atoms with van der Waals surface area (Å²) in [5.41, 5.74) is 1.69. The third kappa shape index (κ3) is 4.43. The highest BCUT2D eigenvalue weighted by Crippen LogP contribution is 2.27.